The van der Waals surface area contributed by atoms with E-state index < -0.39 is 23.6 Å². The van der Waals surface area contributed by atoms with Gasteiger partial charge in [0, 0.05) is 6.04 Å². The van der Waals surface area contributed by atoms with Gasteiger partial charge < -0.3 is 14.9 Å². The Morgan fingerprint density at radius 2 is 2.00 bits per heavy atom. The number of nitrogens with one attached hydrogen (secondary N) is 1. The van der Waals surface area contributed by atoms with E-state index in [1.54, 1.807) is 25.1 Å². The molecule has 3 N–H and O–H groups in total. The minimum Gasteiger partial charge on any atom is -0.462 e. The number of thioether (sulfide) groups is 1. The molecule has 2 heterocycles. The maximum absolute atomic E-state index is 14.3. The Morgan fingerprint density at radius 3 is 2.65 bits per heavy atom. The molecule has 2 aromatic heterocycles. The number of carbonyl (C=O) groups excluding carboxylic acids is 3. The summed E-state index contributed by atoms with van der Waals surface area (Å²) in [5.74, 6) is -2.47. The number of hydrogen-bond donors (Lipinski definition) is 2. The van der Waals surface area contributed by atoms with E-state index in [1.165, 1.54) is 13.0 Å². The Labute approximate surface area is 198 Å². The molecule has 12 heteroatoms. The molecule has 4 rings (SSSR count). The first-order valence-corrected chi connectivity index (χ1v) is 11.5. The number of furan rings is 1. The number of nitrogens with zero attached hydrogens (tertiary/aromatic N) is 3. The van der Waals surface area contributed by atoms with E-state index in [1.807, 2.05) is 4.57 Å². The Balaban J connectivity index is 1.52. The van der Waals surface area contributed by atoms with Crippen molar-refractivity contribution in [3.63, 3.8) is 0 Å². The zero-order chi connectivity index (χ0) is 24.4. The zero-order valence-electron chi connectivity index (χ0n) is 18.5. The van der Waals surface area contributed by atoms with Crippen LogP contribution in [0.25, 0.3) is 11.4 Å². The highest BCUT2D eigenvalue weighted by atomic mass is 32.2. The molecule has 0 bridgehead atoms. The number of aryl methyl sites for hydroxylation is 1. The molecule has 10 nitrogen and oxygen atoms in total. The van der Waals surface area contributed by atoms with Gasteiger partial charge in [-0.1, -0.05) is 23.9 Å². The van der Waals surface area contributed by atoms with E-state index in [0.717, 1.165) is 24.6 Å². The van der Waals surface area contributed by atoms with E-state index in [2.05, 4.69) is 15.5 Å². The Bertz CT molecular complexity index is 1270. The van der Waals surface area contributed by atoms with E-state index in [-0.39, 0.29) is 41.2 Å². The van der Waals surface area contributed by atoms with Gasteiger partial charge in [0.25, 0.3) is 5.91 Å². The number of primary amides is 1. The molecular formula is C22H22FN5O5S. The standard InChI is InChI=1S/C22H22FN5O5S/c1-3-32-21(31)16-11(2)33-20(17(16)18(24)30)25-15(29)10-34-22-27-26-19(28(22)12-8-9-12)13-6-4-5-7-14(13)23/h4-7,12H,3,8-10H2,1-2H3,(H2,24,30)(H,25,29). The van der Waals surface area contributed by atoms with E-state index in [4.69, 9.17) is 14.9 Å². The third-order valence-electron chi connectivity index (χ3n) is 5.09. The number of anilines is 1. The van der Waals surface area contributed by atoms with Crippen LogP contribution in [0.5, 0.6) is 0 Å². The third-order valence-corrected chi connectivity index (χ3v) is 6.03. The zero-order valence-corrected chi connectivity index (χ0v) is 19.3. The van der Waals surface area contributed by atoms with Gasteiger partial charge in [-0.2, -0.15) is 0 Å². The average Bonchev–Trinajstić information content (AvgIpc) is 3.45. The highest BCUT2D eigenvalue weighted by molar-refractivity contribution is 7.99. The lowest BCUT2D eigenvalue weighted by molar-refractivity contribution is -0.113. The van der Waals surface area contributed by atoms with Crippen LogP contribution in [0.4, 0.5) is 10.3 Å². The first-order valence-electron chi connectivity index (χ1n) is 10.5. The summed E-state index contributed by atoms with van der Waals surface area (Å²) in [6.07, 6.45) is 1.81. The van der Waals surface area contributed by atoms with Crippen LogP contribution in [0.3, 0.4) is 0 Å². The van der Waals surface area contributed by atoms with E-state index in [9.17, 15) is 18.8 Å². The normalized spacial score (nSPS) is 13.0. The average molecular weight is 488 g/mol. The maximum Gasteiger partial charge on any atom is 0.342 e. The molecule has 1 aromatic carbocycles. The van der Waals surface area contributed by atoms with Crippen molar-refractivity contribution in [1.82, 2.24) is 14.8 Å². The van der Waals surface area contributed by atoms with Crippen LogP contribution in [-0.4, -0.2) is 44.9 Å². The SMILES string of the molecule is CCOC(=O)c1c(C)oc(NC(=O)CSc2nnc(-c3ccccc3F)n2C2CC2)c1C(N)=O. The van der Waals surface area contributed by atoms with Crippen LogP contribution in [0, 0.1) is 12.7 Å². The number of amides is 2. The highest BCUT2D eigenvalue weighted by Crippen LogP contribution is 2.41. The fourth-order valence-electron chi connectivity index (χ4n) is 3.47. The van der Waals surface area contributed by atoms with Crippen molar-refractivity contribution < 1.29 is 27.9 Å². The van der Waals surface area contributed by atoms with Gasteiger partial charge in [0.2, 0.25) is 11.8 Å². The van der Waals surface area contributed by atoms with Crippen molar-refractivity contribution in [2.75, 3.05) is 17.7 Å². The van der Waals surface area contributed by atoms with Crippen LogP contribution in [-0.2, 0) is 9.53 Å². The summed E-state index contributed by atoms with van der Waals surface area (Å²) < 4.78 is 26.5. The van der Waals surface area contributed by atoms with E-state index in [0.29, 0.717) is 16.5 Å². The molecule has 1 fully saturated rings. The van der Waals surface area contributed by atoms with Crippen molar-refractivity contribution in [1.29, 1.82) is 0 Å². The molecule has 0 aliphatic heterocycles. The van der Waals surface area contributed by atoms with E-state index >= 15 is 0 Å². The first-order chi connectivity index (χ1) is 16.3. The van der Waals surface area contributed by atoms with Crippen molar-refractivity contribution in [3.05, 3.63) is 47.0 Å². The van der Waals surface area contributed by atoms with Crippen LogP contribution < -0.4 is 11.1 Å². The molecule has 0 radical (unpaired) electrons. The predicted octanol–water partition coefficient (Wildman–Crippen LogP) is 3.33. The Morgan fingerprint density at radius 1 is 1.26 bits per heavy atom. The van der Waals surface area contributed by atoms with Gasteiger partial charge in [-0.3, -0.25) is 19.5 Å². The molecule has 1 aliphatic rings. The largest absolute Gasteiger partial charge is 0.462 e. The number of halogens is 1. The molecule has 0 unspecified atom stereocenters. The summed E-state index contributed by atoms with van der Waals surface area (Å²) in [5.41, 5.74) is 5.38. The van der Waals surface area contributed by atoms with Gasteiger partial charge in [0.05, 0.1) is 17.9 Å². The first kappa shape index (κ1) is 23.5. The number of rotatable bonds is 9. The number of ether oxygens (including phenoxy) is 1. The van der Waals surface area contributed by atoms with Gasteiger partial charge >= 0.3 is 5.97 Å². The quantitative estimate of drug-likeness (QED) is 0.346. The number of nitrogens with two attached hydrogens (primary N) is 1. The molecule has 0 saturated heterocycles. The molecule has 3 aromatic rings. The van der Waals surface area contributed by atoms with Crippen molar-refractivity contribution in [2.45, 2.75) is 37.9 Å². The summed E-state index contributed by atoms with van der Waals surface area (Å²) in [4.78, 5) is 36.8. The van der Waals surface area contributed by atoms with Gasteiger partial charge in [-0.25, -0.2) is 9.18 Å². The Kier molecular flexibility index (Phi) is 6.68. The number of esters is 1. The van der Waals surface area contributed by atoms with Crippen LogP contribution in [0.2, 0.25) is 0 Å². The molecule has 34 heavy (non-hydrogen) atoms. The van der Waals surface area contributed by atoms with Crippen molar-refractivity contribution in [3.8, 4) is 11.4 Å². The molecule has 1 aliphatic carbocycles. The van der Waals surface area contributed by atoms with Crippen LogP contribution in [0.15, 0.2) is 33.8 Å². The number of aromatic nitrogens is 3. The van der Waals surface area contributed by atoms with Gasteiger partial charge in [-0.05, 0) is 38.8 Å². The smallest absolute Gasteiger partial charge is 0.342 e. The van der Waals surface area contributed by atoms with Gasteiger partial charge in [0.15, 0.2) is 11.0 Å². The summed E-state index contributed by atoms with van der Waals surface area (Å²) in [7, 11) is 0. The Hall–Kier alpha value is -3.67. The minimum absolute atomic E-state index is 0.0938. The highest BCUT2D eigenvalue weighted by Gasteiger charge is 2.32. The molecule has 0 atom stereocenters. The monoisotopic (exact) mass is 487 g/mol. The summed E-state index contributed by atoms with van der Waals surface area (Å²) in [6, 6.07) is 6.44. The van der Waals surface area contributed by atoms with Gasteiger partial charge in [0.1, 0.15) is 22.7 Å². The summed E-state index contributed by atoms with van der Waals surface area (Å²) in [5, 5.41) is 11.2. The molecule has 1 saturated carbocycles. The molecule has 178 valence electrons. The fourth-order valence-corrected chi connectivity index (χ4v) is 4.28. The minimum atomic E-state index is -0.939. The number of benzene rings is 1. The fraction of sp³-hybridized carbons (Fsp3) is 0.318. The molecule has 2 amide bonds. The lowest BCUT2D eigenvalue weighted by Crippen LogP contribution is -2.21. The number of hydrogen-bond acceptors (Lipinski definition) is 8. The second-order valence-electron chi connectivity index (χ2n) is 7.55. The maximum atomic E-state index is 14.3. The summed E-state index contributed by atoms with van der Waals surface area (Å²) in [6.45, 7) is 3.18. The second kappa shape index (κ2) is 9.67. The van der Waals surface area contributed by atoms with Crippen molar-refractivity contribution in [2.24, 2.45) is 5.73 Å². The van der Waals surface area contributed by atoms with Crippen LogP contribution in [0.1, 0.15) is 52.3 Å². The molecular weight excluding hydrogens is 465 g/mol. The summed E-state index contributed by atoms with van der Waals surface area (Å²) >= 11 is 1.11. The van der Waals surface area contributed by atoms with Crippen LogP contribution >= 0.6 is 11.8 Å². The second-order valence-corrected chi connectivity index (χ2v) is 8.49. The van der Waals surface area contributed by atoms with Gasteiger partial charge in [-0.15, -0.1) is 10.2 Å². The molecule has 0 spiro atoms. The lowest BCUT2D eigenvalue weighted by atomic mass is 10.1. The third kappa shape index (κ3) is 4.67. The predicted molar refractivity (Wildman–Crippen MR) is 121 cm³/mol. The topological polar surface area (TPSA) is 142 Å². The number of carbonyl (C=O) groups is 3. The van der Waals surface area contributed by atoms with Crippen molar-refractivity contribution >= 4 is 35.4 Å². The lowest BCUT2D eigenvalue weighted by Gasteiger charge is -2.09.